The number of nitrogen functional groups attached to an aromatic ring is 1. The van der Waals surface area contributed by atoms with Gasteiger partial charge in [0.25, 0.3) is 0 Å². The van der Waals surface area contributed by atoms with Crippen molar-refractivity contribution >= 4 is 5.69 Å². The van der Waals surface area contributed by atoms with Crippen LogP contribution in [0.1, 0.15) is 5.69 Å². The number of hydrogen-bond donors (Lipinski definition) is 2. The predicted octanol–water partition coefficient (Wildman–Crippen LogP) is 0.383. The van der Waals surface area contributed by atoms with Crippen molar-refractivity contribution in [3.8, 4) is 0 Å². The average Bonchev–Trinajstić information content (AvgIpc) is 1.95. The number of nitrogens with zero attached hydrogens (tertiary/aromatic N) is 1. The van der Waals surface area contributed by atoms with Crippen molar-refractivity contribution < 1.29 is 0 Å². The fraction of sp³-hybridized carbons (Fsp3) is 0.286. The molecule has 10 heavy (non-hydrogen) atoms. The van der Waals surface area contributed by atoms with Crippen LogP contribution in [0.5, 0.6) is 0 Å². The van der Waals surface area contributed by atoms with Gasteiger partial charge < -0.3 is 11.1 Å². The summed E-state index contributed by atoms with van der Waals surface area (Å²) in [6, 6.07) is 3.76. The Morgan fingerprint density at radius 2 is 2.40 bits per heavy atom. The van der Waals surface area contributed by atoms with Gasteiger partial charge in [-0.2, -0.15) is 0 Å². The normalized spacial score (nSPS) is 9.70. The fourth-order valence-electron chi connectivity index (χ4n) is 0.722. The maximum absolute atomic E-state index is 5.44. The molecule has 3 heteroatoms. The number of hydrogen-bond acceptors (Lipinski definition) is 3. The fourth-order valence-corrected chi connectivity index (χ4v) is 0.722. The minimum atomic E-state index is 0.708. The standard InChI is InChI=1S/C7H11N3/c1-9-5-7-3-2-6(8)4-10-7/h2-4,9H,5,8H2,1H3. The molecule has 1 aromatic heterocycles. The van der Waals surface area contributed by atoms with E-state index in [1.165, 1.54) is 0 Å². The summed E-state index contributed by atoms with van der Waals surface area (Å²) < 4.78 is 0. The molecule has 0 bridgehead atoms. The molecule has 3 N–H and O–H groups in total. The van der Waals surface area contributed by atoms with Crippen LogP contribution >= 0.6 is 0 Å². The highest BCUT2D eigenvalue weighted by atomic mass is 14.8. The lowest BCUT2D eigenvalue weighted by Gasteiger charge is -1.97. The monoisotopic (exact) mass is 137 g/mol. The Labute approximate surface area is 60.3 Å². The van der Waals surface area contributed by atoms with E-state index in [2.05, 4.69) is 10.3 Å². The molecule has 0 aromatic carbocycles. The SMILES string of the molecule is CNCc1ccc(N)cn1. The zero-order chi connectivity index (χ0) is 7.40. The van der Waals surface area contributed by atoms with Crippen LogP contribution in [-0.4, -0.2) is 12.0 Å². The van der Waals surface area contributed by atoms with E-state index < -0.39 is 0 Å². The summed E-state index contributed by atoms with van der Waals surface area (Å²) in [5.41, 5.74) is 7.16. The van der Waals surface area contributed by atoms with Crippen LogP contribution in [0.25, 0.3) is 0 Å². The number of aromatic nitrogens is 1. The highest BCUT2D eigenvalue weighted by Crippen LogP contribution is 1.99. The smallest absolute Gasteiger partial charge is 0.0543 e. The first kappa shape index (κ1) is 7.02. The average molecular weight is 137 g/mol. The number of rotatable bonds is 2. The second kappa shape index (κ2) is 3.17. The van der Waals surface area contributed by atoms with E-state index in [4.69, 9.17) is 5.73 Å². The van der Waals surface area contributed by atoms with Gasteiger partial charge in [-0.05, 0) is 19.2 Å². The third-order valence-electron chi connectivity index (χ3n) is 1.21. The summed E-state index contributed by atoms with van der Waals surface area (Å²) >= 11 is 0. The summed E-state index contributed by atoms with van der Waals surface area (Å²) in [6.07, 6.45) is 1.66. The van der Waals surface area contributed by atoms with E-state index in [0.717, 1.165) is 12.2 Å². The van der Waals surface area contributed by atoms with E-state index in [1.807, 2.05) is 19.2 Å². The molecular weight excluding hydrogens is 126 g/mol. The maximum Gasteiger partial charge on any atom is 0.0543 e. The van der Waals surface area contributed by atoms with Crippen LogP contribution < -0.4 is 11.1 Å². The Bertz CT molecular complexity index is 193. The van der Waals surface area contributed by atoms with Gasteiger partial charge in [0.1, 0.15) is 0 Å². The first-order valence-electron chi connectivity index (χ1n) is 3.18. The Morgan fingerprint density at radius 1 is 1.60 bits per heavy atom. The molecule has 0 aliphatic heterocycles. The molecule has 1 rings (SSSR count). The molecule has 0 fully saturated rings. The van der Waals surface area contributed by atoms with Crippen molar-refractivity contribution in [2.75, 3.05) is 12.8 Å². The van der Waals surface area contributed by atoms with Gasteiger partial charge in [0.05, 0.1) is 17.6 Å². The minimum absolute atomic E-state index is 0.708. The Hall–Kier alpha value is -1.09. The van der Waals surface area contributed by atoms with E-state index in [9.17, 15) is 0 Å². The van der Waals surface area contributed by atoms with Crippen LogP contribution in [0.2, 0.25) is 0 Å². The number of nitrogens with one attached hydrogen (secondary N) is 1. The first-order valence-corrected chi connectivity index (χ1v) is 3.18. The van der Waals surface area contributed by atoms with Gasteiger partial charge in [-0.25, -0.2) is 0 Å². The van der Waals surface area contributed by atoms with Crippen molar-refractivity contribution in [1.29, 1.82) is 0 Å². The van der Waals surface area contributed by atoms with Gasteiger partial charge >= 0.3 is 0 Å². The largest absolute Gasteiger partial charge is 0.397 e. The lowest BCUT2D eigenvalue weighted by Crippen LogP contribution is -2.06. The molecule has 0 aliphatic carbocycles. The molecule has 0 amide bonds. The van der Waals surface area contributed by atoms with Gasteiger partial charge in [-0.3, -0.25) is 4.98 Å². The summed E-state index contributed by atoms with van der Waals surface area (Å²) in [7, 11) is 1.89. The zero-order valence-corrected chi connectivity index (χ0v) is 5.96. The third-order valence-corrected chi connectivity index (χ3v) is 1.21. The Balaban J connectivity index is 2.69. The summed E-state index contributed by atoms with van der Waals surface area (Å²) in [5, 5.41) is 3.00. The lowest BCUT2D eigenvalue weighted by molar-refractivity contribution is 0.791. The first-order chi connectivity index (χ1) is 4.83. The van der Waals surface area contributed by atoms with Gasteiger partial charge in [-0.15, -0.1) is 0 Å². The van der Waals surface area contributed by atoms with Gasteiger partial charge in [-0.1, -0.05) is 0 Å². The van der Waals surface area contributed by atoms with Crippen LogP contribution in [0.4, 0.5) is 5.69 Å². The molecular formula is C7H11N3. The van der Waals surface area contributed by atoms with Crippen LogP contribution in [0.3, 0.4) is 0 Å². The highest BCUT2D eigenvalue weighted by molar-refractivity contribution is 5.34. The van der Waals surface area contributed by atoms with Crippen LogP contribution in [0, 0.1) is 0 Å². The Morgan fingerprint density at radius 3 is 2.90 bits per heavy atom. The summed E-state index contributed by atoms with van der Waals surface area (Å²) in [6.45, 7) is 0.792. The molecule has 0 atom stereocenters. The number of pyridine rings is 1. The summed E-state index contributed by atoms with van der Waals surface area (Å²) in [5.74, 6) is 0. The third kappa shape index (κ3) is 1.70. The molecule has 3 nitrogen and oxygen atoms in total. The quantitative estimate of drug-likeness (QED) is 0.619. The van der Waals surface area contributed by atoms with Gasteiger partial charge in [0.15, 0.2) is 0 Å². The van der Waals surface area contributed by atoms with Crippen molar-refractivity contribution in [2.45, 2.75) is 6.54 Å². The Kier molecular flexibility index (Phi) is 2.23. The minimum Gasteiger partial charge on any atom is -0.397 e. The predicted molar refractivity (Wildman–Crippen MR) is 41.4 cm³/mol. The van der Waals surface area contributed by atoms with Crippen LogP contribution in [0.15, 0.2) is 18.3 Å². The van der Waals surface area contributed by atoms with E-state index in [1.54, 1.807) is 6.20 Å². The zero-order valence-electron chi connectivity index (χ0n) is 5.96. The molecule has 1 aromatic rings. The maximum atomic E-state index is 5.44. The molecule has 0 radical (unpaired) electrons. The molecule has 0 aliphatic rings. The number of anilines is 1. The lowest BCUT2D eigenvalue weighted by atomic mass is 10.3. The second-order valence-electron chi connectivity index (χ2n) is 2.11. The second-order valence-corrected chi connectivity index (χ2v) is 2.11. The summed E-state index contributed by atoms with van der Waals surface area (Å²) in [4.78, 5) is 4.08. The van der Waals surface area contributed by atoms with Crippen molar-refractivity contribution in [3.05, 3.63) is 24.0 Å². The van der Waals surface area contributed by atoms with Gasteiger partial charge in [0.2, 0.25) is 0 Å². The molecule has 0 saturated heterocycles. The van der Waals surface area contributed by atoms with E-state index in [0.29, 0.717) is 5.69 Å². The van der Waals surface area contributed by atoms with Gasteiger partial charge in [0, 0.05) is 6.54 Å². The van der Waals surface area contributed by atoms with Crippen LogP contribution in [-0.2, 0) is 6.54 Å². The van der Waals surface area contributed by atoms with Crippen molar-refractivity contribution in [2.24, 2.45) is 0 Å². The topological polar surface area (TPSA) is 50.9 Å². The molecule has 0 unspecified atom stereocenters. The molecule has 0 saturated carbocycles. The molecule has 0 spiro atoms. The van der Waals surface area contributed by atoms with E-state index >= 15 is 0 Å². The van der Waals surface area contributed by atoms with Crippen molar-refractivity contribution in [1.82, 2.24) is 10.3 Å². The van der Waals surface area contributed by atoms with Crippen molar-refractivity contribution in [3.63, 3.8) is 0 Å². The molecule has 1 heterocycles. The highest BCUT2D eigenvalue weighted by Gasteiger charge is 1.89. The van der Waals surface area contributed by atoms with E-state index in [-0.39, 0.29) is 0 Å². The number of nitrogens with two attached hydrogens (primary N) is 1. The molecule has 54 valence electrons.